The highest BCUT2D eigenvalue weighted by Crippen LogP contribution is 2.28. The van der Waals surface area contributed by atoms with E-state index >= 15 is 0 Å². The molecule has 0 bridgehead atoms. The van der Waals surface area contributed by atoms with E-state index in [-0.39, 0.29) is 12.0 Å². The zero-order valence-electron chi connectivity index (χ0n) is 6.87. The summed E-state index contributed by atoms with van der Waals surface area (Å²) in [6, 6.07) is 0. The van der Waals surface area contributed by atoms with Gasteiger partial charge < -0.3 is 9.84 Å². The third kappa shape index (κ3) is 1.50. The molecule has 0 spiro atoms. The van der Waals surface area contributed by atoms with Crippen molar-refractivity contribution in [3.8, 4) is 0 Å². The van der Waals surface area contributed by atoms with Crippen LogP contribution in [0.4, 0.5) is 0 Å². The summed E-state index contributed by atoms with van der Waals surface area (Å²) in [6.45, 7) is 6.19. The molecule has 1 aliphatic heterocycles. The molecule has 0 aromatic rings. The van der Waals surface area contributed by atoms with Crippen molar-refractivity contribution in [2.75, 3.05) is 0 Å². The Morgan fingerprint density at radius 1 is 1.30 bits per heavy atom. The van der Waals surface area contributed by atoms with Crippen molar-refractivity contribution in [1.82, 2.24) is 0 Å². The Kier molecular flexibility index (Phi) is 2.32. The average Bonchev–Trinajstić information content (AvgIpc) is 1.82. The van der Waals surface area contributed by atoms with Gasteiger partial charge in [-0.2, -0.15) is 0 Å². The summed E-state index contributed by atoms with van der Waals surface area (Å²) in [4.78, 5) is 0. The lowest BCUT2D eigenvalue weighted by Crippen LogP contribution is -2.37. The van der Waals surface area contributed by atoms with Gasteiger partial charge in [0, 0.05) is 5.92 Å². The molecule has 0 aliphatic carbocycles. The highest BCUT2D eigenvalue weighted by molar-refractivity contribution is 4.73. The van der Waals surface area contributed by atoms with Gasteiger partial charge in [-0.05, 0) is 19.3 Å². The molecular weight excluding hydrogens is 128 g/mol. The molecule has 2 nitrogen and oxygen atoms in total. The number of hydrogen-bond donors (Lipinski definition) is 1. The third-order valence-corrected chi connectivity index (χ3v) is 2.42. The van der Waals surface area contributed by atoms with Crippen LogP contribution in [-0.4, -0.2) is 17.5 Å². The normalized spacial score (nSPS) is 49.2. The molecule has 2 heteroatoms. The van der Waals surface area contributed by atoms with E-state index in [0.29, 0.717) is 5.92 Å². The van der Waals surface area contributed by atoms with Crippen LogP contribution < -0.4 is 0 Å². The maximum atomic E-state index is 9.30. The number of hydrogen-bond acceptors (Lipinski definition) is 2. The Balaban J connectivity index is 2.49. The van der Waals surface area contributed by atoms with Gasteiger partial charge in [0.05, 0.1) is 6.10 Å². The Bertz CT molecular complexity index is 102. The van der Waals surface area contributed by atoms with Crippen LogP contribution in [-0.2, 0) is 4.74 Å². The lowest BCUT2D eigenvalue weighted by molar-refractivity contribution is -0.199. The van der Waals surface area contributed by atoms with Crippen LogP contribution in [0.3, 0.4) is 0 Å². The monoisotopic (exact) mass is 144 g/mol. The molecule has 1 fully saturated rings. The number of aliphatic hydroxyl groups is 1. The molecule has 10 heavy (non-hydrogen) atoms. The topological polar surface area (TPSA) is 29.5 Å². The fraction of sp³-hybridized carbons (Fsp3) is 1.00. The minimum atomic E-state index is -0.543. The van der Waals surface area contributed by atoms with Crippen molar-refractivity contribution in [1.29, 1.82) is 0 Å². The van der Waals surface area contributed by atoms with Crippen LogP contribution in [0.15, 0.2) is 0 Å². The van der Waals surface area contributed by atoms with E-state index in [9.17, 15) is 5.11 Å². The molecule has 2 unspecified atom stereocenters. The Hall–Kier alpha value is -0.0800. The molecule has 1 aliphatic rings. The first-order chi connectivity index (χ1) is 4.61. The quantitative estimate of drug-likeness (QED) is 0.556. The lowest BCUT2D eigenvalue weighted by Gasteiger charge is -2.34. The molecule has 1 rings (SSSR count). The highest BCUT2D eigenvalue weighted by Gasteiger charge is 2.29. The van der Waals surface area contributed by atoms with E-state index in [1.165, 1.54) is 0 Å². The highest BCUT2D eigenvalue weighted by atomic mass is 16.6. The van der Waals surface area contributed by atoms with E-state index in [0.717, 1.165) is 6.42 Å². The minimum absolute atomic E-state index is 0.223. The van der Waals surface area contributed by atoms with Gasteiger partial charge in [0.25, 0.3) is 0 Å². The summed E-state index contributed by atoms with van der Waals surface area (Å²) in [5, 5.41) is 9.30. The maximum Gasteiger partial charge on any atom is 0.157 e. The zero-order valence-corrected chi connectivity index (χ0v) is 6.87. The molecule has 0 radical (unpaired) electrons. The van der Waals surface area contributed by atoms with Crippen molar-refractivity contribution in [2.45, 2.75) is 39.6 Å². The Labute approximate surface area is 62.2 Å². The van der Waals surface area contributed by atoms with Gasteiger partial charge in [0.1, 0.15) is 0 Å². The first kappa shape index (κ1) is 8.02. The molecule has 0 aromatic carbocycles. The second-order valence-corrected chi connectivity index (χ2v) is 3.41. The first-order valence-electron chi connectivity index (χ1n) is 3.94. The summed E-state index contributed by atoms with van der Waals surface area (Å²) in [5.74, 6) is 0.870. The fourth-order valence-electron chi connectivity index (χ4n) is 1.44. The Morgan fingerprint density at radius 3 is 2.40 bits per heavy atom. The summed E-state index contributed by atoms with van der Waals surface area (Å²) in [6.07, 6.45) is 0.748. The molecular formula is C8H16O2. The standard InChI is InChI=1S/C8H16O2/c1-5-4-6(2)10-8(9)7(5)3/h5-9H,4H2,1-3H3/t5-,6?,7?,8+/m0/s1. The van der Waals surface area contributed by atoms with Crippen molar-refractivity contribution in [3.63, 3.8) is 0 Å². The zero-order chi connectivity index (χ0) is 7.72. The summed E-state index contributed by atoms with van der Waals surface area (Å²) in [5.41, 5.74) is 0. The van der Waals surface area contributed by atoms with E-state index in [4.69, 9.17) is 4.74 Å². The molecule has 60 valence electrons. The van der Waals surface area contributed by atoms with Gasteiger partial charge in [0.15, 0.2) is 6.29 Å². The van der Waals surface area contributed by atoms with Crippen LogP contribution in [0, 0.1) is 11.8 Å². The summed E-state index contributed by atoms with van der Waals surface area (Å²) >= 11 is 0. The lowest BCUT2D eigenvalue weighted by atomic mass is 9.88. The van der Waals surface area contributed by atoms with E-state index < -0.39 is 6.29 Å². The van der Waals surface area contributed by atoms with Crippen LogP contribution in [0.25, 0.3) is 0 Å². The molecule has 1 saturated heterocycles. The largest absolute Gasteiger partial charge is 0.368 e. The number of rotatable bonds is 0. The van der Waals surface area contributed by atoms with Crippen molar-refractivity contribution < 1.29 is 9.84 Å². The van der Waals surface area contributed by atoms with E-state index in [2.05, 4.69) is 6.92 Å². The fourth-order valence-corrected chi connectivity index (χ4v) is 1.44. The summed E-state index contributed by atoms with van der Waals surface area (Å²) in [7, 11) is 0. The number of aliphatic hydroxyl groups excluding tert-OH is 1. The van der Waals surface area contributed by atoms with Gasteiger partial charge in [-0.1, -0.05) is 13.8 Å². The van der Waals surface area contributed by atoms with Crippen LogP contribution in [0.5, 0.6) is 0 Å². The van der Waals surface area contributed by atoms with Crippen LogP contribution in [0.1, 0.15) is 27.2 Å². The average molecular weight is 144 g/mol. The SMILES string of the molecule is CC1C[C@H](C)C(C)[C@H](O)O1. The van der Waals surface area contributed by atoms with Gasteiger partial charge in [0.2, 0.25) is 0 Å². The predicted molar refractivity (Wildman–Crippen MR) is 39.5 cm³/mol. The maximum absolute atomic E-state index is 9.30. The first-order valence-corrected chi connectivity index (χ1v) is 3.94. The van der Waals surface area contributed by atoms with Gasteiger partial charge in [-0.15, -0.1) is 0 Å². The number of ether oxygens (including phenoxy) is 1. The molecule has 0 saturated carbocycles. The van der Waals surface area contributed by atoms with Crippen molar-refractivity contribution in [3.05, 3.63) is 0 Å². The van der Waals surface area contributed by atoms with Gasteiger partial charge in [-0.3, -0.25) is 0 Å². The van der Waals surface area contributed by atoms with Crippen LogP contribution >= 0.6 is 0 Å². The van der Waals surface area contributed by atoms with Crippen molar-refractivity contribution >= 4 is 0 Å². The predicted octanol–water partition coefficient (Wildman–Crippen LogP) is 1.39. The van der Waals surface area contributed by atoms with E-state index in [1.54, 1.807) is 0 Å². The molecule has 1 heterocycles. The second-order valence-electron chi connectivity index (χ2n) is 3.41. The molecule has 4 atom stereocenters. The molecule has 0 amide bonds. The summed E-state index contributed by atoms with van der Waals surface area (Å²) < 4.78 is 5.22. The van der Waals surface area contributed by atoms with Gasteiger partial charge >= 0.3 is 0 Å². The molecule has 1 N–H and O–H groups in total. The Morgan fingerprint density at radius 2 is 1.90 bits per heavy atom. The van der Waals surface area contributed by atoms with Crippen molar-refractivity contribution in [2.24, 2.45) is 11.8 Å². The van der Waals surface area contributed by atoms with Gasteiger partial charge in [-0.25, -0.2) is 0 Å². The molecule has 0 aromatic heterocycles. The minimum Gasteiger partial charge on any atom is -0.368 e. The third-order valence-electron chi connectivity index (χ3n) is 2.42. The smallest absolute Gasteiger partial charge is 0.157 e. The van der Waals surface area contributed by atoms with E-state index in [1.807, 2.05) is 13.8 Å². The second kappa shape index (κ2) is 2.89. The van der Waals surface area contributed by atoms with Crippen LogP contribution in [0.2, 0.25) is 0 Å².